The van der Waals surface area contributed by atoms with Crippen LogP contribution in [0.25, 0.3) is 0 Å². The van der Waals surface area contributed by atoms with Crippen molar-refractivity contribution in [1.82, 2.24) is 0 Å². The quantitative estimate of drug-likeness (QED) is 0.677. The highest BCUT2D eigenvalue weighted by molar-refractivity contribution is 5.87. The molecule has 124 valence electrons. The van der Waals surface area contributed by atoms with Gasteiger partial charge in [0.15, 0.2) is 0 Å². The topological polar surface area (TPSA) is 57.9 Å². The van der Waals surface area contributed by atoms with E-state index in [0.29, 0.717) is 36.4 Å². The minimum absolute atomic E-state index is 0.0362. The van der Waals surface area contributed by atoms with Gasteiger partial charge in [0.25, 0.3) is 0 Å². The van der Waals surface area contributed by atoms with E-state index in [2.05, 4.69) is 19.9 Å². The van der Waals surface area contributed by atoms with Gasteiger partial charge in [-0.3, -0.25) is 9.59 Å². The molecule has 0 amide bonds. The molecular weight excluding hydrogens is 286 g/mol. The second-order valence-corrected chi connectivity index (χ2v) is 9.16. The smallest absolute Gasteiger partial charge is 0.139 e. The van der Waals surface area contributed by atoms with Crippen LogP contribution >= 0.6 is 0 Å². The van der Waals surface area contributed by atoms with Crippen molar-refractivity contribution in [2.24, 2.45) is 34.0 Å². The van der Waals surface area contributed by atoms with Crippen molar-refractivity contribution in [2.45, 2.75) is 71.6 Å². The number of hydrogen-bond acceptors (Lipinski definition) is 3. The molecule has 23 heavy (non-hydrogen) atoms. The largest absolute Gasteiger partial charge is 0.300 e. The van der Waals surface area contributed by atoms with Crippen molar-refractivity contribution in [3.05, 3.63) is 0 Å². The first-order chi connectivity index (χ1) is 10.9. The van der Waals surface area contributed by atoms with Crippen LogP contribution in [0.15, 0.2) is 0 Å². The van der Waals surface area contributed by atoms with Gasteiger partial charge < -0.3 is 0 Å². The third kappa shape index (κ3) is 1.76. The monoisotopic (exact) mass is 313 g/mol. The first-order valence-corrected chi connectivity index (χ1v) is 9.33. The SMILES string of the molecule is C[C@@]12CC[C@@H]3[C@H](CC[C@@]4(C#N)CC(=O)CC[C@]34C)[C@@H]1CCC2=O. The van der Waals surface area contributed by atoms with Crippen LogP contribution < -0.4 is 0 Å². The van der Waals surface area contributed by atoms with Gasteiger partial charge in [0.1, 0.15) is 11.6 Å². The Morgan fingerprint density at radius 3 is 2.52 bits per heavy atom. The zero-order valence-corrected chi connectivity index (χ0v) is 14.4. The summed E-state index contributed by atoms with van der Waals surface area (Å²) >= 11 is 0. The molecule has 0 radical (unpaired) electrons. The van der Waals surface area contributed by atoms with Gasteiger partial charge in [-0.1, -0.05) is 13.8 Å². The summed E-state index contributed by atoms with van der Waals surface area (Å²) in [6, 6.07) is 2.61. The van der Waals surface area contributed by atoms with Gasteiger partial charge >= 0.3 is 0 Å². The third-order valence-corrected chi connectivity index (χ3v) is 8.60. The predicted octanol–water partition coefficient (Wildman–Crippen LogP) is 4.06. The number of carbonyl (C=O) groups excluding carboxylic acids is 2. The average Bonchev–Trinajstić information content (AvgIpc) is 2.84. The summed E-state index contributed by atoms with van der Waals surface area (Å²) in [7, 11) is 0. The Bertz CT molecular complexity index is 620. The number of rotatable bonds is 0. The molecule has 0 aliphatic heterocycles. The Balaban J connectivity index is 1.73. The zero-order valence-electron chi connectivity index (χ0n) is 14.4. The second kappa shape index (κ2) is 4.68. The minimum atomic E-state index is -0.445. The molecule has 0 saturated heterocycles. The first-order valence-electron chi connectivity index (χ1n) is 9.33. The lowest BCUT2D eigenvalue weighted by molar-refractivity contribution is -0.154. The number of nitriles is 1. The molecular formula is C20H27NO2. The Labute approximate surface area is 138 Å². The maximum atomic E-state index is 12.4. The maximum Gasteiger partial charge on any atom is 0.139 e. The van der Waals surface area contributed by atoms with Crippen LogP contribution in [-0.4, -0.2) is 11.6 Å². The van der Waals surface area contributed by atoms with Crippen LogP contribution in [0.4, 0.5) is 0 Å². The van der Waals surface area contributed by atoms with Crippen LogP contribution in [0, 0.1) is 45.3 Å². The number of hydrogen-bond donors (Lipinski definition) is 0. The van der Waals surface area contributed by atoms with Gasteiger partial charge in [-0.05, 0) is 61.7 Å². The van der Waals surface area contributed by atoms with Crippen LogP contribution in [0.5, 0.6) is 0 Å². The molecule has 0 unspecified atom stereocenters. The predicted molar refractivity (Wildman–Crippen MR) is 86.3 cm³/mol. The van der Waals surface area contributed by atoms with E-state index in [1.54, 1.807) is 0 Å². The lowest BCUT2D eigenvalue weighted by Crippen LogP contribution is -2.58. The molecule has 0 spiro atoms. The van der Waals surface area contributed by atoms with Gasteiger partial charge in [-0.25, -0.2) is 0 Å². The molecule has 3 nitrogen and oxygen atoms in total. The first kappa shape index (κ1) is 15.4. The van der Waals surface area contributed by atoms with Crippen LogP contribution in [-0.2, 0) is 9.59 Å². The van der Waals surface area contributed by atoms with Crippen molar-refractivity contribution >= 4 is 11.6 Å². The maximum absolute atomic E-state index is 12.4. The van der Waals surface area contributed by atoms with E-state index >= 15 is 0 Å². The highest BCUT2D eigenvalue weighted by atomic mass is 16.1. The molecule has 0 heterocycles. The normalized spacial score (nSPS) is 52.3. The molecule has 6 atom stereocenters. The lowest BCUT2D eigenvalue weighted by atomic mass is 9.40. The van der Waals surface area contributed by atoms with Crippen molar-refractivity contribution in [2.75, 3.05) is 0 Å². The summed E-state index contributed by atoms with van der Waals surface area (Å²) in [5.41, 5.74) is -0.583. The molecule has 4 aliphatic rings. The number of Topliss-reactive ketones (excluding diaryl/α,β-unsaturated/α-hetero) is 2. The fourth-order valence-electron chi connectivity index (χ4n) is 7.07. The molecule has 4 fully saturated rings. The van der Waals surface area contributed by atoms with E-state index in [0.717, 1.165) is 44.9 Å². The van der Waals surface area contributed by atoms with E-state index in [1.807, 2.05) is 0 Å². The van der Waals surface area contributed by atoms with Crippen LogP contribution in [0.3, 0.4) is 0 Å². The molecule has 0 aromatic rings. The summed E-state index contributed by atoms with van der Waals surface area (Å²) in [6.45, 7) is 4.49. The summed E-state index contributed by atoms with van der Waals surface area (Å²) in [5, 5.41) is 9.97. The Morgan fingerprint density at radius 1 is 1.00 bits per heavy atom. The highest BCUT2D eigenvalue weighted by Gasteiger charge is 2.65. The zero-order chi connectivity index (χ0) is 16.5. The Hall–Kier alpha value is -1.17. The van der Waals surface area contributed by atoms with Crippen molar-refractivity contribution in [3.63, 3.8) is 0 Å². The minimum Gasteiger partial charge on any atom is -0.300 e. The van der Waals surface area contributed by atoms with Crippen molar-refractivity contribution < 1.29 is 9.59 Å². The van der Waals surface area contributed by atoms with Crippen LogP contribution in [0.2, 0.25) is 0 Å². The molecule has 3 heteroatoms. The molecule has 0 aromatic carbocycles. The Kier molecular flexibility index (Phi) is 3.13. The summed E-state index contributed by atoms with van der Waals surface area (Å²) < 4.78 is 0. The van der Waals surface area contributed by atoms with Crippen LogP contribution in [0.1, 0.15) is 71.6 Å². The number of nitrogens with zero attached hydrogens (tertiary/aromatic N) is 1. The van der Waals surface area contributed by atoms with Gasteiger partial charge in [-0.2, -0.15) is 5.26 Å². The standard InChI is InChI=1S/C20H27NO2/c1-18-8-7-16-14(15(18)3-4-17(18)23)6-10-20(12-21)11-13(22)5-9-19(16,20)2/h14-16H,3-11H2,1-2H3/t14-,15+,16-,18-,19-,20+/m1/s1. The van der Waals surface area contributed by atoms with Gasteiger partial charge in [0.05, 0.1) is 11.5 Å². The molecule has 0 bridgehead atoms. The van der Waals surface area contributed by atoms with Gasteiger partial charge in [-0.15, -0.1) is 0 Å². The number of fused-ring (bicyclic) bond motifs is 5. The summed E-state index contributed by atoms with van der Waals surface area (Å²) in [6.07, 6.45) is 7.72. The summed E-state index contributed by atoms with van der Waals surface area (Å²) in [5.74, 6) is 2.37. The molecule has 0 N–H and O–H groups in total. The highest BCUT2D eigenvalue weighted by Crippen LogP contribution is 2.68. The molecule has 4 saturated carbocycles. The second-order valence-electron chi connectivity index (χ2n) is 9.16. The van der Waals surface area contributed by atoms with Gasteiger partial charge in [0.2, 0.25) is 0 Å². The lowest BCUT2D eigenvalue weighted by Gasteiger charge is -2.62. The summed E-state index contributed by atoms with van der Waals surface area (Å²) in [4.78, 5) is 24.5. The fourth-order valence-corrected chi connectivity index (χ4v) is 7.07. The third-order valence-electron chi connectivity index (χ3n) is 8.60. The van der Waals surface area contributed by atoms with Crippen molar-refractivity contribution in [1.29, 1.82) is 5.26 Å². The van der Waals surface area contributed by atoms with Crippen molar-refractivity contribution in [3.8, 4) is 6.07 Å². The van der Waals surface area contributed by atoms with E-state index in [4.69, 9.17) is 0 Å². The molecule has 4 rings (SSSR count). The van der Waals surface area contributed by atoms with E-state index in [1.165, 1.54) is 0 Å². The average molecular weight is 313 g/mol. The van der Waals surface area contributed by atoms with E-state index < -0.39 is 5.41 Å². The van der Waals surface area contributed by atoms with E-state index in [9.17, 15) is 14.9 Å². The van der Waals surface area contributed by atoms with E-state index in [-0.39, 0.29) is 16.6 Å². The number of ketones is 2. The molecule has 0 aromatic heterocycles. The van der Waals surface area contributed by atoms with Gasteiger partial charge in [0, 0.05) is 24.7 Å². The Morgan fingerprint density at radius 2 is 1.78 bits per heavy atom. The molecule has 4 aliphatic carbocycles. The number of carbonyl (C=O) groups is 2. The fraction of sp³-hybridized carbons (Fsp3) is 0.850.